The molecule has 0 fully saturated rings. The van der Waals surface area contributed by atoms with Gasteiger partial charge >= 0.3 is 0 Å². The summed E-state index contributed by atoms with van der Waals surface area (Å²) in [6.07, 6.45) is 0.540. The fourth-order valence-electron chi connectivity index (χ4n) is 1.34. The van der Waals surface area contributed by atoms with Crippen LogP contribution in [0.3, 0.4) is 0 Å². The first kappa shape index (κ1) is 11.3. The van der Waals surface area contributed by atoms with Gasteiger partial charge < -0.3 is 4.98 Å². The van der Waals surface area contributed by atoms with E-state index in [0.29, 0.717) is 17.9 Å². The van der Waals surface area contributed by atoms with Crippen molar-refractivity contribution in [2.45, 2.75) is 19.2 Å². The first-order chi connectivity index (χ1) is 7.67. The fraction of sp³-hybridized carbons (Fsp3) is 0.300. The lowest BCUT2D eigenvalue weighted by molar-refractivity contribution is 0.906. The van der Waals surface area contributed by atoms with Crippen molar-refractivity contribution in [2.75, 3.05) is 0 Å². The highest BCUT2D eigenvalue weighted by molar-refractivity contribution is 7.09. The molecule has 16 heavy (non-hydrogen) atoms. The van der Waals surface area contributed by atoms with E-state index in [2.05, 4.69) is 15.0 Å². The van der Waals surface area contributed by atoms with E-state index in [-0.39, 0.29) is 11.4 Å². The second kappa shape index (κ2) is 4.76. The molecular weight excluding hydrogens is 246 g/mol. The van der Waals surface area contributed by atoms with Crippen molar-refractivity contribution in [3.8, 4) is 0 Å². The van der Waals surface area contributed by atoms with Gasteiger partial charge in [-0.2, -0.15) is 0 Å². The average Bonchev–Trinajstić information content (AvgIpc) is 2.63. The van der Waals surface area contributed by atoms with Crippen molar-refractivity contribution < 1.29 is 0 Å². The number of nitrogens with one attached hydrogen (secondary N) is 1. The van der Waals surface area contributed by atoms with Crippen LogP contribution in [0.1, 0.15) is 22.2 Å². The Morgan fingerprint density at radius 1 is 1.50 bits per heavy atom. The minimum Gasteiger partial charge on any atom is -0.310 e. The number of halogens is 1. The SMILES string of the molecule is Cc1csc(Cc2nc(CCl)cc(=O)[nH]2)n1. The minimum atomic E-state index is -0.172. The Hall–Kier alpha value is -1.20. The highest BCUT2D eigenvalue weighted by Crippen LogP contribution is 2.11. The zero-order valence-electron chi connectivity index (χ0n) is 8.66. The lowest BCUT2D eigenvalue weighted by Gasteiger charge is -1.99. The molecule has 2 aromatic heterocycles. The third-order valence-corrected chi connectivity index (χ3v) is 3.21. The van der Waals surface area contributed by atoms with Crippen LogP contribution in [0, 0.1) is 6.92 Å². The van der Waals surface area contributed by atoms with E-state index in [1.54, 1.807) is 11.3 Å². The third-order valence-electron chi connectivity index (χ3n) is 1.97. The summed E-state index contributed by atoms with van der Waals surface area (Å²) < 4.78 is 0. The number of rotatable bonds is 3. The van der Waals surface area contributed by atoms with Crippen molar-refractivity contribution in [2.24, 2.45) is 0 Å². The lowest BCUT2D eigenvalue weighted by Crippen LogP contribution is -2.12. The van der Waals surface area contributed by atoms with E-state index in [9.17, 15) is 4.79 Å². The molecule has 0 aliphatic rings. The van der Waals surface area contributed by atoms with Gasteiger partial charge in [-0.15, -0.1) is 22.9 Å². The fourth-order valence-corrected chi connectivity index (χ4v) is 2.26. The van der Waals surface area contributed by atoms with Gasteiger partial charge in [0.05, 0.1) is 18.0 Å². The normalized spacial score (nSPS) is 10.6. The molecule has 0 spiro atoms. The van der Waals surface area contributed by atoms with Gasteiger partial charge in [0.15, 0.2) is 0 Å². The zero-order chi connectivity index (χ0) is 11.5. The number of hydrogen-bond donors (Lipinski definition) is 1. The topological polar surface area (TPSA) is 58.6 Å². The molecule has 4 nitrogen and oxygen atoms in total. The number of hydrogen-bond acceptors (Lipinski definition) is 4. The van der Waals surface area contributed by atoms with Gasteiger partial charge in [-0.05, 0) is 6.92 Å². The molecule has 0 aromatic carbocycles. The van der Waals surface area contributed by atoms with E-state index < -0.39 is 0 Å². The van der Waals surface area contributed by atoms with Gasteiger partial charge in [0.2, 0.25) is 0 Å². The van der Waals surface area contributed by atoms with Crippen LogP contribution < -0.4 is 5.56 Å². The van der Waals surface area contributed by atoms with Gasteiger partial charge in [0.1, 0.15) is 10.8 Å². The van der Waals surface area contributed by atoms with Crippen molar-refractivity contribution >= 4 is 22.9 Å². The summed E-state index contributed by atoms with van der Waals surface area (Å²) in [7, 11) is 0. The van der Waals surface area contributed by atoms with Gasteiger partial charge in [0.25, 0.3) is 5.56 Å². The summed E-state index contributed by atoms with van der Waals surface area (Å²) in [5, 5.41) is 2.91. The van der Waals surface area contributed by atoms with Crippen LogP contribution >= 0.6 is 22.9 Å². The first-order valence-corrected chi connectivity index (χ1v) is 6.15. The molecule has 0 aliphatic carbocycles. The van der Waals surface area contributed by atoms with Gasteiger partial charge in [0, 0.05) is 17.1 Å². The third kappa shape index (κ3) is 2.68. The summed E-state index contributed by atoms with van der Waals surface area (Å²) in [5.74, 6) is 0.853. The lowest BCUT2D eigenvalue weighted by atomic mass is 10.3. The number of aromatic amines is 1. The second-order valence-corrected chi connectivity index (χ2v) is 4.59. The van der Waals surface area contributed by atoms with E-state index in [1.165, 1.54) is 6.07 Å². The predicted octanol–water partition coefficient (Wildman–Crippen LogP) is 1.86. The summed E-state index contributed by atoms with van der Waals surface area (Å²) in [6, 6.07) is 1.41. The Morgan fingerprint density at radius 3 is 2.94 bits per heavy atom. The van der Waals surface area contributed by atoms with Crippen LogP contribution in [0.25, 0.3) is 0 Å². The molecule has 0 aliphatic heterocycles. The maximum atomic E-state index is 11.3. The molecule has 0 bridgehead atoms. The Bertz CT molecular complexity index is 549. The van der Waals surface area contributed by atoms with Crippen molar-refractivity contribution in [3.63, 3.8) is 0 Å². The number of nitrogens with zero attached hydrogens (tertiary/aromatic N) is 2. The molecule has 0 atom stereocenters. The first-order valence-electron chi connectivity index (χ1n) is 4.73. The van der Waals surface area contributed by atoms with Crippen molar-refractivity contribution in [3.05, 3.63) is 44.0 Å². The molecular formula is C10H10ClN3OS. The summed E-state index contributed by atoms with van der Waals surface area (Å²) in [5.41, 5.74) is 1.40. The maximum absolute atomic E-state index is 11.3. The number of H-pyrrole nitrogens is 1. The summed E-state index contributed by atoms with van der Waals surface area (Å²) in [4.78, 5) is 22.5. The molecule has 1 N–H and O–H groups in total. The van der Waals surface area contributed by atoms with E-state index in [1.807, 2.05) is 12.3 Å². The van der Waals surface area contributed by atoms with Gasteiger partial charge in [-0.3, -0.25) is 4.79 Å². The standard InChI is InChI=1S/C10H10ClN3OS/c1-6-5-16-10(12-6)3-8-13-7(4-11)2-9(15)14-8/h2,5H,3-4H2,1H3,(H,13,14,15). The molecule has 0 radical (unpaired) electrons. The van der Waals surface area contributed by atoms with Crippen LogP contribution in [0.2, 0.25) is 0 Å². The predicted molar refractivity (Wildman–Crippen MR) is 64.1 cm³/mol. The highest BCUT2D eigenvalue weighted by atomic mass is 35.5. The van der Waals surface area contributed by atoms with Gasteiger partial charge in [-0.25, -0.2) is 9.97 Å². The molecule has 6 heteroatoms. The molecule has 0 saturated heterocycles. The maximum Gasteiger partial charge on any atom is 0.251 e. The average molecular weight is 256 g/mol. The van der Waals surface area contributed by atoms with E-state index >= 15 is 0 Å². The summed E-state index contributed by atoms with van der Waals surface area (Å²) in [6.45, 7) is 1.94. The molecule has 2 rings (SSSR count). The molecule has 0 amide bonds. The molecule has 2 aromatic rings. The second-order valence-electron chi connectivity index (χ2n) is 3.38. The van der Waals surface area contributed by atoms with Crippen LogP contribution in [0.4, 0.5) is 0 Å². The zero-order valence-corrected chi connectivity index (χ0v) is 10.2. The van der Waals surface area contributed by atoms with Crippen LogP contribution in [-0.2, 0) is 12.3 Å². The smallest absolute Gasteiger partial charge is 0.251 e. The summed E-state index contributed by atoms with van der Waals surface area (Å²) >= 11 is 7.21. The monoisotopic (exact) mass is 255 g/mol. The minimum absolute atomic E-state index is 0.172. The number of thiazole rings is 1. The van der Waals surface area contributed by atoms with Gasteiger partial charge in [-0.1, -0.05) is 0 Å². The van der Waals surface area contributed by atoms with E-state index in [0.717, 1.165) is 10.7 Å². The largest absolute Gasteiger partial charge is 0.310 e. The van der Waals surface area contributed by atoms with E-state index in [4.69, 9.17) is 11.6 Å². The molecule has 0 unspecified atom stereocenters. The molecule has 0 saturated carbocycles. The highest BCUT2D eigenvalue weighted by Gasteiger charge is 2.04. The quantitative estimate of drug-likeness (QED) is 0.852. The molecule has 2 heterocycles. The van der Waals surface area contributed by atoms with Crippen LogP contribution in [0.15, 0.2) is 16.2 Å². The van der Waals surface area contributed by atoms with Crippen LogP contribution in [-0.4, -0.2) is 15.0 Å². The Labute approximate surface area is 101 Å². The Kier molecular flexibility index (Phi) is 3.36. The number of aromatic nitrogens is 3. The Balaban J connectivity index is 2.27. The Morgan fingerprint density at radius 2 is 2.31 bits per heavy atom. The number of aryl methyl sites for hydroxylation is 1. The van der Waals surface area contributed by atoms with Crippen molar-refractivity contribution in [1.29, 1.82) is 0 Å². The van der Waals surface area contributed by atoms with Crippen molar-refractivity contribution in [1.82, 2.24) is 15.0 Å². The van der Waals surface area contributed by atoms with Crippen LogP contribution in [0.5, 0.6) is 0 Å². The molecule has 84 valence electrons. The number of alkyl halides is 1.